The largest absolute Gasteiger partial charge is 0.371 e. The van der Waals surface area contributed by atoms with Crippen molar-refractivity contribution < 1.29 is 0 Å². The minimum absolute atomic E-state index is 0.515. The second-order valence-corrected chi connectivity index (χ2v) is 6.26. The fourth-order valence-electron chi connectivity index (χ4n) is 2.18. The molecule has 108 valence electrons. The van der Waals surface area contributed by atoms with Gasteiger partial charge in [-0.05, 0) is 31.4 Å². The van der Waals surface area contributed by atoms with Crippen LogP contribution in [0.4, 0.5) is 5.69 Å². The molecule has 0 spiro atoms. The van der Waals surface area contributed by atoms with E-state index in [-0.39, 0.29) is 0 Å². The Morgan fingerprint density at radius 2 is 1.74 bits per heavy atom. The summed E-state index contributed by atoms with van der Waals surface area (Å²) in [5.74, 6) is 0.650. The average molecular weight is 262 g/mol. The lowest BCUT2D eigenvalue weighted by molar-refractivity contribution is 0.503. The van der Waals surface area contributed by atoms with Crippen LogP contribution < -0.4 is 10.2 Å². The van der Waals surface area contributed by atoms with Crippen LogP contribution in [-0.4, -0.2) is 19.1 Å². The molecule has 1 aromatic carbocycles. The van der Waals surface area contributed by atoms with Crippen molar-refractivity contribution in [1.82, 2.24) is 5.32 Å². The summed E-state index contributed by atoms with van der Waals surface area (Å²) in [6, 6.07) is 7.82. The average Bonchev–Trinajstić information content (AvgIpc) is 2.34. The third-order valence-electron chi connectivity index (χ3n) is 3.89. The molecule has 2 nitrogen and oxygen atoms in total. The van der Waals surface area contributed by atoms with Gasteiger partial charge in [-0.15, -0.1) is 0 Å². The topological polar surface area (TPSA) is 15.3 Å². The van der Waals surface area contributed by atoms with Crippen molar-refractivity contribution in [1.29, 1.82) is 0 Å². The number of nitrogens with zero attached hydrogens (tertiary/aromatic N) is 1. The number of benzene rings is 1. The van der Waals surface area contributed by atoms with E-state index in [2.05, 4.69) is 77.0 Å². The SMILES string of the molecule is Cc1ccc(N(C)C(C)C(C)C)c(CNC(C)C)c1. The minimum atomic E-state index is 0.515. The molecule has 0 heterocycles. The van der Waals surface area contributed by atoms with Gasteiger partial charge in [-0.3, -0.25) is 0 Å². The van der Waals surface area contributed by atoms with Crippen molar-refractivity contribution >= 4 is 5.69 Å². The van der Waals surface area contributed by atoms with Gasteiger partial charge in [0.1, 0.15) is 0 Å². The van der Waals surface area contributed by atoms with Crippen LogP contribution in [0.2, 0.25) is 0 Å². The number of aryl methyl sites for hydroxylation is 1. The van der Waals surface area contributed by atoms with E-state index in [1.165, 1.54) is 16.8 Å². The zero-order valence-corrected chi connectivity index (χ0v) is 13.6. The molecular weight excluding hydrogens is 232 g/mol. The van der Waals surface area contributed by atoms with Gasteiger partial charge in [-0.2, -0.15) is 0 Å². The van der Waals surface area contributed by atoms with E-state index in [9.17, 15) is 0 Å². The van der Waals surface area contributed by atoms with Gasteiger partial charge in [-0.1, -0.05) is 45.4 Å². The smallest absolute Gasteiger partial charge is 0.0411 e. The molecule has 0 aliphatic rings. The lowest BCUT2D eigenvalue weighted by atomic mass is 10.0. The third kappa shape index (κ3) is 4.54. The zero-order valence-electron chi connectivity index (χ0n) is 13.6. The first kappa shape index (κ1) is 16.0. The second kappa shape index (κ2) is 6.95. The molecule has 1 aromatic rings. The molecule has 0 aromatic heterocycles. The van der Waals surface area contributed by atoms with E-state index in [4.69, 9.17) is 0 Å². The Labute approximate surface area is 119 Å². The zero-order chi connectivity index (χ0) is 14.6. The van der Waals surface area contributed by atoms with Crippen LogP contribution in [0.3, 0.4) is 0 Å². The molecule has 1 atom stereocenters. The summed E-state index contributed by atoms with van der Waals surface area (Å²) in [7, 11) is 2.20. The molecule has 0 radical (unpaired) electrons. The van der Waals surface area contributed by atoms with Crippen LogP contribution in [0.15, 0.2) is 18.2 Å². The highest BCUT2D eigenvalue weighted by molar-refractivity contribution is 5.55. The Bertz CT molecular complexity index is 396. The predicted molar refractivity (Wildman–Crippen MR) is 85.9 cm³/mol. The molecule has 0 saturated carbocycles. The van der Waals surface area contributed by atoms with Gasteiger partial charge in [0, 0.05) is 31.4 Å². The predicted octanol–water partition coefficient (Wildman–Crippen LogP) is 3.97. The van der Waals surface area contributed by atoms with Crippen LogP contribution >= 0.6 is 0 Å². The Hall–Kier alpha value is -1.02. The quantitative estimate of drug-likeness (QED) is 0.834. The Balaban J connectivity index is 2.98. The molecule has 1 rings (SSSR count). The van der Waals surface area contributed by atoms with Gasteiger partial charge in [0.25, 0.3) is 0 Å². The first-order valence-electron chi connectivity index (χ1n) is 7.38. The van der Waals surface area contributed by atoms with Gasteiger partial charge < -0.3 is 10.2 Å². The maximum Gasteiger partial charge on any atom is 0.0411 e. The highest BCUT2D eigenvalue weighted by atomic mass is 15.1. The summed E-state index contributed by atoms with van der Waals surface area (Å²) in [5.41, 5.74) is 4.07. The number of anilines is 1. The fourth-order valence-corrected chi connectivity index (χ4v) is 2.18. The molecule has 0 aliphatic heterocycles. The third-order valence-corrected chi connectivity index (χ3v) is 3.89. The van der Waals surface area contributed by atoms with E-state index in [0.29, 0.717) is 18.0 Å². The van der Waals surface area contributed by atoms with E-state index in [1.54, 1.807) is 0 Å². The van der Waals surface area contributed by atoms with Crippen molar-refractivity contribution in [3.05, 3.63) is 29.3 Å². The Morgan fingerprint density at radius 3 is 2.26 bits per heavy atom. The molecule has 19 heavy (non-hydrogen) atoms. The molecule has 0 aliphatic carbocycles. The van der Waals surface area contributed by atoms with Gasteiger partial charge >= 0.3 is 0 Å². The monoisotopic (exact) mass is 262 g/mol. The van der Waals surface area contributed by atoms with Crippen molar-refractivity contribution in [2.45, 2.75) is 60.2 Å². The van der Waals surface area contributed by atoms with Crippen LogP contribution in [0.5, 0.6) is 0 Å². The Morgan fingerprint density at radius 1 is 1.11 bits per heavy atom. The Kier molecular flexibility index (Phi) is 5.86. The van der Waals surface area contributed by atoms with Crippen molar-refractivity contribution in [3.63, 3.8) is 0 Å². The van der Waals surface area contributed by atoms with E-state index < -0.39 is 0 Å². The van der Waals surface area contributed by atoms with Crippen molar-refractivity contribution in [3.8, 4) is 0 Å². The molecule has 2 heteroatoms. The highest BCUT2D eigenvalue weighted by Gasteiger charge is 2.16. The fraction of sp³-hybridized carbons (Fsp3) is 0.647. The van der Waals surface area contributed by atoms with Crippen LogP contribution in [0, 0.1) is 12.8 Å². The lowest BCUT2D eigenvalue weighted by Gasteiger charge is -2.32. The first-order chi connectivity index (χ1) is 8.82. The highest BCUT2D eigenvalue weighted by Crippen LogP contribution is 2.25. The first-order valence-corrected chi connectivity index (χ1v) is 7.38. The molecule has 1 N–H and O–H groups in total. The maximum absolute atomic E-state index is 3.53. The molecule has 0 amide bonds. The van der Waals surface area contributed by atoms with Crippen molar-refractivity contribution in [2.24, 2.45) is 5.92 Å². The van der Waals surface area contributed by atoms with E-state index in [1.807, 2.05) is 0 Å². The van der Waals surface area contributed by atoms with Gasteiger partial charge in [0.05, 0.1) is 0 Å². The number of nitrogens with one attached hydrogen (secondary N) is 1. The summed E-state index contributed by atoms with van der Waals surface area (Å²) in [6.45, 7) is 14.3. The summed E-state index contributed by atoms with van der Waals surface area (Å²) in [4.78, 5) is 2.40. The summed E-state index contributed by atoms with van der Waals surface area (Å²) < 4.78 is 0. The summed E-state index contributed by atoms with van der Waals surface area (Å²) >= 11 is 0. The summed E-state index contributed by atoms with van der Waals surface area (Å²) in [6.07, 6.45) is 0. The lowest BCUT2D eigenvalue weighted by Crippen LogP contribution is -2.34. The van der Waals surface area contributed by atoms with E-state index in [0.717, 1.165) is 6.54 Å². The molecule has 0 fully saturated rings. The van der Waals surface area contributed by atoms with E-state index >= 15 is 0 Å². The van der Waals surface area contributed by atoms with Gasteiger partial charge in [0.2, 0.25) is 0 Å². The number of hydrogen-bond donors (Lipinski definition) is 1. The molecular formula is C17H30N2. The molecule has 1 unspecified atom stereocenters. The maximum atomic E-state index is 3.53. The number of rotatable bonds is 6. The van der Waals surface area contributed by atoms with Crippen LogP contribution in [0.1, 0.15) is 45.7 Å². The standard InChI is InChI=1S/C17H30N2/c1-12(2)15(6)19(7)17-9-8-14(5)10-16(17)11-18-13(3)4/h8-10,12-13,15,18H,11H2,1-7H3. The van der Waals surface area contributed by atoms with Crippen LogP contribution in [-0.2, 0) is 6.54 Å². The minimum Gasteiger partial charge on any atom is -0.371 e. The van der Waals surface area contributed by atoms with Crippen molar-refractivity contribution in [2.75, 3.05) is 11.9 Å². The van der Waals surface area contributed by atoms with Gasteiger partial charge in [0.15, 0.2) is 0 Å². The molecule has 0 saturated heterocycles. The van der Waals surface area contributed by atoms with Crippen LogP contribution in [0.25, 0.3) is 0 Å². The second-order valence-electron chi connectivity index (χ2n) is 6.26. The van der Waals surface area contributed by atoms with Gasteiger partial charge in [-0.25, -0.2) is 0 Å². The molecule has 0 bridgehead atoms. The normalized spacial score (nSPS) is 13.1. The summed E-state index contributed by atoms with van der Waals surface area (Å²) in [5, 5.41) is 3.53. The number of hydrogen-bond acceptors (Lipinski definition) is 2.